The van der Waals surface area contributed by atoms with E-state index in [1.54, 1.807) is 31.2 Å². The molecule has 0 heterocycles. The number of nitrogens with zero attached hydrogens (tertiary/aromatic N) is 3. The lowest BCUT2D eigenvalue weighted by Gasteiger charge is -2.00. The highest BCUT2D eigenvalue weighted by atomic mass is 15.3. The minimum Gasteiger partial charge on any atom is -0.386 e. The molecule has 0 saturated carbocycles. The lowest BCUT2D eigenvalue weighted by atomic mass is 10.3. The highest BCUT2D eigenvalue weighted by Crippen LogP contribution is 2.16. The highest BCUT2D eigenvalue weighted by Gasteiger charge is 1.92. The molecule has 0 fully saturated rings. The Kier molecular flexibility index (Phi) is 3.96. The average Bonchev–Trinajstić information content (AvgIpc) is 2.25. The smallest absolute Gasteiger partial charge is 0.232 e. The molecule has 6 N–H and O–H groups in total. The van der Waals surface area contributed by atoms with Gasteiger partial charge in [-0.2, -0.15) is 5.10 Å². The number of hydrogen-bond acceptors (Lipinski definition) is 4. The van der Waals surface area contributed by atoms with E-state index in [0.29, 0.717) is 11.5 Å². The first kappa shape index (κ1) is 11.6. The molecule has 1 aromatic carbocycles. The molecule has 16 heavy (non-hydrogen) atoms. The molecule has 84 valence electrons. The van der Waals surface area contributed by atoms with Crippen LogP contribution in [0.15, 0.2) is 39.6 Å². The van der Waals surface area contributed by atoms with Gasteiger partial charge in [-0.05, 0) is 31.2 Å². The standard InChI is InChI=1S/C9H13N7/c1-6(10)13-14-7-2-4-8(5-3-7)15-16-9(11)12/h2-5,14H,1H3,(H2,10,13)(H3,11,12). The minimum atomic E-state index is -0.328. The summed E-state index contributed by atoms with van der Waals surface area (Å²) in [5.41, 5.74) is 14.5. The number of hydrogen-bond donors (Lipinski definition) is 4. The van der Waals surface area contributed by atoms with Crippen LogP contribution in [-0.4, -0.2) is 11.8 Å². The normalized spacial score (nSPS) is 11.7. The maximum Gasteiger partial charge on any atom is 0.232 e. The Balaban J connectivity index is 2.68. The van der Waals surface area contributed by atoms with Crippen molar-refractivity contribution < 1.29 is 0 Å². The molecule has 0 unspecified atom stereocenters. The molecule has 0 aliphatic carbocycles. The quantitative estimate of drug-likeness (QED) is 0.265. The van der Waals surface area contributed by atoms with Gasteiger partial charge in [0.15, 0.2) is 0 Å². The molecule has 7 nitrogen and oxygen atoms in total. The van der Waals surface area contributed by atoms with Crippen molar-refractivity contribution in [3.63, 3.8) is 0 Å². The van der Waals surface area contributed by atoms with Gasteiger partial charge in [-0.25, -0.2) is 0 Å². The summed E-state index contributed by atoms with van der Waals surface area (Å²) in [5.74, 6) is 0.117. The van der Waals surface area contributed by atoms with Crippen molar-refractivity contribution in [2.75, 3.05) is 5.43 Å². The van der Waals surface area contributed by atoms with E-state index in [1.165, 1.54) is 0 Å². The molecular weight excluding hydrogens is 206 g/mol. The first-order valence-corrected chi connectivity index (χ1v) is 4.49. The van der Waals surface area contributed by atoms with Gasteiger partial charge in [0.1, 0.15) is 5.84 Å². The Bertz CT molecular complexity index is 414. The van der Waals surface area contributed by atoms with Gasteiger partial charge in [0.2, 0.25) is 5.96 Å². The van der Waals surface area contributed by atoms with Crippen LogP contribution in [0.4, 0.5) is 11.4 Å². The molecule has 0 spiro atoms. The third-order valence-electron chi connectivity index (χ3n) is 1.50. The third-order valence-corrected chi connectivity index (χ3v) is 1.50. The predicted molar refractivity (Wildman–Crippen MR) is 63.8 cm³/mol. The molecule has 0 saturated heterocycles. The first-order chi connectivity index (χ1) is 7.58. The average molecular weight is 219 g/mol. The van der Waals surface area contributed by atoms with Crippen LogP contribution in [0.1, 0.15) is 6.92 Å². The fraction of sp³-hybridized carbons (Fsp3) is 0.111. The third kappa shape index (κ3) is 4.18. The van der Waals surface area contributed by atoms with Crippen LogP contribution in [0, 0.1) is 5.41 Å². The van der Waals surface area contributed by atoms with Crippen LogP contribution < -0.4 is 16.9 Å². The summed E-state index contributed by atoms with van der Waals surface area (Å²) in [4.78, 5) is 0. The number of benzene rings is 1. The van der Waals surface area contributed by atoms with E-state index < -0.39 is 0 Å². The van der Waals surface area contributed by atoms with Crippen molar-refractivity contribution >= 4 is 23.2 Å². The largest absolute Gasteiger partial charge is 0.386 e. The summed E-state index contributed by atoms with van der Waals surface area (Å²) in [6.07, 6.45) is 0. The van der Waals surface area contributed by atoms with Gasteiger partial charge in [-0.1, -0.05) is 0 Å². The number of hydrazone groups is 1. The monoisotopic (exact) mass is 219 g/mol. The SMILES string of the molecule is C/C(N)=N\Nc1ccc(N=NC(=N)N)cc1. The second-order valence-corrected chi connectivity index (χ2v) is 3.00. The fourth-order valence-electron chi connectivity index (χ4n) is 0.867. The van der Waals surface area contributed by atoms with Gasteiger partial charge in [0.25, 0.3) is 0 Å². The van der Waals surface area contributed by atoms with Gasteiger partial charge < -0.3 is 11.5 Å². The van der Waals surface area contributed by atoms with Crippen molar-refractivity contribution in [2.45, 2.75) is 6.92 Å². The Morgan fingerprint density at radius 1 is 1.25 bits per heavy atom. The molecule has 0 aliphatic rings. The van der Waals surface area contributed by atoms with E-state index in [0.717, 1.165) is 5.69 Å². The number of amidine groups is 1. The lowest BCUT2D eigenvalue weighted by molar-refractivity contribution is 1.21. The van der Waals surface area contributed by atoms with E-state index >= 15 is 0 Å². The van der Waals surface area contributed by atoms with Crippen LogP contribution >= 0.6 is 0 Å². The van der Waals surface area contributed by atoms with E-state index in [9.17, 15) is 0 Å². The fourth-order valence-corrected chi connectivity index (χ4v) is 0.867. The van der Waals surface area contributed by atoms with Gasteiger partial charge in [0, 0.05) is 0 Å². The second-order valence-electron chi connectivity index (χ2n) is 3.00. The van der Waals surface area contributed by atoms with E-state index in [4.69, 9.17) is 16.9 Å². The van der Waals surface area contributed by atoms with Crippen molar-refractivity contribution in [3.05, 3.63) is 24.3 Å². The minimum absolute atomic E-state index is 0.328. The maximum atomic E-state index is 6.87. The summed E-state index contributed by atoms with van der Waals surface area (Å²) in [7, 11) is 0. The van der Waals surface area contributed by atoms with Crippen LogP contribution in [0.2, 0.25) is 0 Å². The lowest BCUT2D eigenvalue weighted by Crippen LogP contribution is -2.07. The zero-order valence-electron chi connectivity index (χ0n) is 8.81. The van der Waals surface area contributed by atoms with Gasteiger partial charge in [0.05, 0.1) is 11.4 Å². The summed E-state index contributed by atoms with van der Waals surface area (Å²) in [5, 5.41) is 17.9. The van der Waals surface area contributed by atoms with Crippen molar-refractivity contribution in [3.8, 4) is 0 Å². The van der Waals surface area contributed by atoms with Gasteiger partial charge in [-0.15, -0.1) is 10.2 Å². The summed E-state index contributed by atoms with van der Waals surface area (Å²) in [6, 6.07) is 6.97. The summed E-state index contributed by atoms with van der Waals surface area (Å²) >= 11 is 0. The number of rotatable bonds is 3. The van der Waals surface area contributed by atoms with Gasteiger partial charge >= 0.3 is 0 Å². The Hall–Kier alpha value is -2.44. The first-order valence-electron chi connectivity index (χ1n) is 4.49. The Morgan fingerprint density at radius 2 is 1.88 bits per heavy atom. The van der Waals surface area contributed by atoms with E-state index in [2.05, 4.69) is 20.8 Å². The topological polar surface area (TPSA) is 125 Å². The van der Waals surface area contributed by atoms with E-state index in [1.807, 2.05) is 0 Å². The number of guanidine groups is 1. The number of anilines is 1. The van der Waals surface area contributed by atoms with Crippen LogP contribution in [0.5, 0.6) is 0 Å². The molecular formula is C9H13N7. The van der Waals surface area contributed by atoms with Crippen LogP contribution in [-0.2, 0) is 0 Å². The van der Waals surface area contributed by atoms with Gasteiger partial charge in [-0.3, -0.25) is 10.8 Å². The Morgan fingerprint density at radius 3 is 2.38 bits per heavy atom. The predicted octanol–water partition coefficient (Wildman–Crippen LogP) is 1.37. The van der Waals surface area contributed by atoms with Crippen molar-refractivity contribution in [1.82, 2.24) is 0 Å². The molecule has 0 atom stereocenters. The molecule has 0 aliphatic heterocycles. The molecule has 0 radical (unpaired) electrons. The van der Waals surface area contributed by atoms with Crippen LogP contribution in [0.25, 0.3) is 0 Å². The van der Waals surface area contributed by atoms with Crippen molar-refractivity contribution in [1.29, 1.82) is 5.41 Å². The molecule has 7 heteroatoms. The number of nitrogens with two attached hydrogens (primary N) is 2. The zero-order chi connectivity index (χ0) is 12.0. The van der Waals surface area contributed by atoms with E-state index in [-0.39, 0.29) is 5.96 Å². The highest BCUT2D eigenvalue weighted by molar-refractivity contribution is 5.78. The second kappa shape index (κ2) is 5.44. The zero-order valence-corrected chi connectivity index (χ0v) is 8.81. The molecule has 1 aromatic rings. The maximum absolute atomic E-state index is 6.87. The summed E-state index contributed by atoms with van der Waals surface area (Å²) < 4.78 is 0. The molecule has 0 aromatic heterocycles. The molecule has 0 amide bonds. The van der Waals surface area contributed by atoms with Crippen molar-refractivity contribution in [2.24, 2.45) is 26.8 Å². The molecule has 0 bridgehead atoms. The van der Waals surface area contributed by atoms with Crippen LogP contribution in [0.3, 0.4) is 0 Å². The number of azo groups is 1. The number of nitrogens with one attached hydrogen (secondary N) is 2. The Labute approximate surface area is 92.8 Å². The summed E-state index contributed by atoms with van der Waals surface area (Å²) in [6.45, 7) is 1.68. The molecule has 1 rings (SSSR count).